The average molecular weight is 487 g/mol. The highest BCUT2D eigenvalue weighted by Crippen LogP contribution is 2.53. The number of alkyl halides is 9. The van der Waals surface area contributed by atoms with Crippen LogP contribution in [0.5, 0.6) is 0 Å². The lowest BCUT2D eigenvalue weighted by Crippen LogP contribution is -2.54. The summed E-state index contributed by atoms with van der Waals surface area (Å²) >= 11 is 11.3. The zero-order valence-electron chi connectivity index (χ0n) is 13.7. The second-order valence-corrected chi connectivity index (χ2v) is 6.44. The normalized spacial score (nSPS) is 13.4. The maximum atomic E-state index is 13.2. The number of nitrogens with zero attached hydrogens (tertiary/aromatic N) is 3. The van der Waals surface area contributed by atoms with Crippen LogP contribution in [0.4, 0.5) is 45.3 Å². The van der Waals surface area contributed by atoms with Gasteiger partial charge in [0.15, 0.2) is 5.69 Å². The predicted octanol–water partition coefficient (Wildman–Crippen LogP) is 4.96. The van der Waals surface area contributed by atoms with E-state index < -0.39 is 62.5 Å². The van der Waals surface area contributed by atoms with Gasteiger partial charge in [0.05, 0.1) is 21.2 Å². The number of aromatic nitrogens is 2. The van der Waals surface area contributed by atoms with Crippen LogP contribution in [0.25, 0.3) is 5.69 Å². The first kappa shape index (κ1) is 23.9. The third kappa shape index (κ3) is 3.61. The zero-order chi connectivity index (χ0) is 23.4. The number of aliphatic hydroxyl groups is 1. The largest absolute Gasteiger partial charge is 0.430 e. The molecule has 3 N–H and O–H groups in total. The fourth-order valence-electron chi connectivity index (χ4n) is 2.41. The van der Waals surface area contributed by atoms with Crippen molar-refractivity contribution in [2.75, 3.05) is 5.73 Å². The molecule has 1 aromatic heterocycles. The van der Waals surface area contributed by atoms with Crippen molar-refractivity contribution in [2.24, 2.45) is 0 Å². The number of nitrogens with two attached hydrogens (primary N) is 1. The number of halogens is 11. The standard InChI is InChI=1S/C14H5Cl2F9N4O/c15-5-1-4(12(17,18)19)2-6(16)9(5)29-10(27)8(7(3-26)28-29)11(30,13(20,21)22)14(23,24)25/h1-2,30H,27H2. The van der Waals surface area contributed by atoms with Gasteiger partial charge in [-0.2, -0.15) is 49.9 Å². The molecule has 164 valence electrons. The maximum absolute atomic E-state index is 13.2. The minimum atomic E-state index is -6.41. The van der Waals surface area contributed by atoms with E-state index in [4.69, 9.17) is 34.2 Å². The Balaban J connectivity index is 2.91. The van der Waals surface area contributed by atoms with Gasteiger partial charge in [0.25, 0.3) is 5.60 Å². The molecular formula is C14H5Cl2F9N4O. The monoisotopic (exact) mass is 486 g/mol. The van der Waals surface area contributed by atoms with E-state index >= 15 is 0 Å². The Morgan fingerprint density at radius 1 is 0.967 bits per heavy atom. The molecular weight excluding hydrogens is 482 g/mol. The van der Waals surface area contributed by atoms with Crippen molar-refractivity contribution < 1.29 is 44.6 Å². The van der Waals surface area contributed by atoms with Crippen LogP contribution in [0.3, 0.4) is 0 Å². The maximum Gasteiger partial charge on any atom is 0.430 e. The lowest BCUT2D eigenvalue weighted by Gasteiger charge is -2.32. The molecule has 16 heteroatoms. The molecule has 0 amide bonds. The number of hydrogen-bond donors (Lipinski definition) is 2. The molecule has 1 aromatic carbocycles. The molecule has 0 saturated heterocycles. The first-order valence-electron chi connectivity index (χ1n) is 7.09. The van der Waals surface area contributed by atoms with Crippen LogP contribution >= 0.6 is 23.2 Å². The van der Waals surface area contributed by atoms with Gasteiger partial charge in [-0.25, -0.2) is 4.68 Å². The van der Waals surface area contributed by atoms with Crippen molar-refractivity contribution in [2.45, 2.75) is 24.1 Å². The summed E-state index contributed by atoms with van der Waals surface area (Å²) in [4.78, 5) is 0. The highest BCUT2D eigenvalue weighted by molar-refractivity contribution is 6.38. The van der Waals surface area contributed by atoms with E-state index in [2.05, 4.69) is 5.10 Å². The summed E-state index contributed by atoms with van der Waals surface area (Å²) in [6.07, 6.45) is -17.8. The fraction of sp³-hybridized carbons (Fsp3) is 0.286. The van der Waals surface area contributed by atoms with Gasteiger partial charge in [-0.3, -0.25) is 0 Å². The van der Waals surface area contributed by atoms with E-state index in [1.807, 2.05) is 0 Å². The fourth-order valence-corrected chi connectivity index (χ4v) is 3.06. The van der Waals surface area contributed by atoms with Gasteiger partial charge in [0, 0.05) is 0 Å². The van der Waals surface area contributed by atoms with Crippen LogP contribution < -0.4 is 5.73 Å². The van der Waals surface area contributed by atoms with Crippen LogP contribution in [0.2, 0.25) is 10.0 Å². The highest BCUT2D eigenvalue weighted by Gasteiger charge is 2.73. The lowest BCUT2D eigenvalue weighted by atomic mass is 9.91. The molecule has 1 heterocycles. The van der Waals surface area contributed by atoms with E-state index in [-0.39, 0.29) is 16.8 Å². The van der Waals surface area contributed by atoms with Gasteiger partial charge < -0.3 is 10.8 Å². The SMILES string of the molecule is N#Cc1nn(-c2c(Cl)cc(C(F)(F)F)cc2Cl)c(N)c1C(O)(C(F)(F)F)C(F)(F)F. The number of anilines is 1. The van der Waals surface area contributed by atoms with Crippen LogP contribution in [-0.4, -0.2) is 27.2 Å². The van der Waals surface area contributed by atoms with Gasteiger partial charge in [-0.05, 0) is 12.1 Å². The lowest BCUT2D eigenvalue weighted by molar-refractivity contribution is -0.376. The van der Waals surface area contributed by atoms with E-state index in [9.17, 15) is 44.6 Å². The Hall–Kier alpha value is -2.37. The molecule has 0 fully saturated rings. The second kappa shape index (κ2) is 7.10. The molecule has 0 saturated carbocycles. The first-order valence-corrected chi connectivity index (χ1v) is 7.85. The van der Waals surface area contributed by atoms with Crippen LogP contribution in [0, 0.1) is 11.3 Å². The van der Waals surface area contributed by atoms with E-state index in [0.717, 1.165) is 6.07 Å². The third-order valence-electron chi connectivity index (χ3n) is 3.77. The summed E-state index contributed by atoms with van der Waals surface area (Å²) in [5, 5.41) is 19.8. The first-order chi connectivity index (χ1) is 13.4. The number of benzene rings is 1. The molecule has 0 atom stereocenters. The average Bonchev–Trinajstić information content (AvgIpc) is 2.87. The number of nitriles is 1. The molecule has 0 aliphatic rings. The Kier molecular flexibility index (Phi) is 5.66. The van der Waals surface area contributed by atoms with Gasteiger partial charge in [0.2, 0.25) is 0 Å². The van der Waals surface area contributed by atoms with E-state index in [0.29, 0.717) is 0 Å². The molecule has 0 radical (unpaired) electrons. The Labute approximate surface area is 170 Å². The van der Waals surface area contributed by atoms with Crippen LogP contribution in [0.15, 0.2) is 12.1 Å². The molecule has 30 heavy (non-hydrogen) atoms. The van der Waals surface area contributed by atoms with E-state index in [1.54, 1.807) is 0 Å². The summed E-state index contributed by atoms with van der Waals surface area (Å²) in [6.45, 7) is 0. The minimum Gasteiger partial charge on any atom is -0.383 e. The smallest absolute Gasteiger partial charge is 0.383 e. The Bertz CT molecular complexity index is 997. The molecule has 0 aliphatic carbocycles. The Morgan fingerprint density at radius 2 is 1.40 bits per heavy atom. The number of rotatable bonds is 2. The summed E-state index contributed by atoms with van der Waals surface area (Å²) in [6, 6.07) is 1.43. The van der Waals surface area contributed by atoms with Crippen molar-refractivity contribution in [3.63, 3.8) is 0 Å². The molecule has 0 aliphatic heterocycles. The molecule has 5 nitrogen and oxygen atoms in total. The summed E-state index contributed by atoms with van der Waals surface area (Å²) < 4.78 is 118. The summed E-state index contributed by atoms with van der Waals surface area (Å²) in [5.41, 5.74) is -6.36. The van der Waals surface area contributed by atoms with Crippen LogP contribution in [0.1, 0.15) is 16.8 Å². The van der Waals surface area contributed by atoms with Crippen molar-refractivity contribution in [1.82, 2.24) is 9.78 Å². The topological polar surface area (TPSA) is 87.9 Å². The summed E-state index contributed by atoms with van der Waals surface area (Å²) in [5.74, 6) is -1.58. The Morgan fingerprint density at radius 3 is 1.73 bits per heavy atom. The van der Waals surface area contributed by atoms with Gasteiger partial charge in [-0.15, -0.1) is 0 Å². The quantitative estimate of drug-likeness (QED) is 0.587. The second-order valence-electron chi connectivity index (χ2n) is 5.62. The molecule has 2 rings (SSSR count). The molecule has 2 aromatic rings. The minimum absolute atomic E-state index is 0.00115. The van der Waals surface area contributed by atoms with Gasteiger partial charge >= 0.3 is 18.5 Å². The zero-order valence-corrected chi connectivity index (χ0v) is 15.2. The molecule has 0 bridgehead atoms. The van der Waals surface area contributed by atoms with Crippen molar-refractivity contribution in [1.29, 1.82) is 5.26 Å². The highest BCUT2D eigenvalue weighted by atomic mass is 35.5. The molecule has 0 spiro atoms. The number of hydrogen-bond acceptors (Lipinski definition) is 4. The van der Waals surface area contributed by atoms with Gasteiger partial charge in [-0.1, -0.05) is 23.2 Å². The van der Waals surface area contributed by atoms with Crippen molar-refractivity contribution >= 4 is 29.0 Å². The molecule has 0 unspecified atom stereocenters. The predicted molar refractivity (Wildman–Crippen MR) is 83.7 cm³/mol. The van der Waals surface area contributed by atoms with E-state index in [1.165, 1.54) is 0 Å². The third-order valence-corrected chi connectivity index (χ3v) is 4.34. The van der Waals surface area contributed by atoms with Crippen LogP contribution in [-0.2, 0) is 11.8 Å². The van der Waals surface area contributed by atoms with Gasteiger partial charge in [0.1, 0.15) is 17.6 Å². The van der Waals surface area contributed by atoms with Crippen molar-refractivity contribution in [3.8, 4) is 11.8 Å². The van der Waals surface area contributed by atoms with Crippen molar-refractivity contribution in [3.05, 3.63) is 39.0 Å². The number of nitrogen functional groups attached to an aromatic ring is 1. The summed E-state index contributed by atoms with van der Waals surface area (Å²) in [7, 11) is 0.